The number of aromatic nitrogens is 2. The van der Waals surface area contributed by atoms with E-state index in [4.69, 9.17) is 0 Å². The molecule has 0 fully saturated rings. The predicted octanol–water partition coefficient (Wildman–Crippen LogP) is 1.62. The summed E-state index contributed by atoms with van der Waals surface area (Å²) < 4.78 is 1.59. The fraction of sp³-hybridized carbons (Fsp3) is 0.600. The van der Waals surface area contributed by atoms with Crippen LogP contribution < -0.4 is 11.2 Å². The second kappa shape index (κ2) is 5.21. The van der Waals surface area contributed by atoms with Crippen LogP contribution in [0.4, 0.5) is 0 Å². The topological polar surface area (TPSA) is 54.9 Å². The summed E-state index contributed by atoms with van der Waals surface area (Å²) >= 11 is 1.35. The molecule has 1 aromatic heterocycles. The van der Waals surface area contributed by atoms with Gasteiger partial charge in [-0.3, -0.25) is 14.3 Å². The van der Waals surface area contributed by atoms with Gasteiger partial charge in [0, 0.05) is 12.2 Å². The lowest BCUT2D eigenvalue weighted by Crippen LogP contribution is -2.32. The van der Waals surface area contributed by atoms with Crippen LogP contribution in [0.25, 0.3) is 0 Å². The lowest BCUT2D eigenvalue weighted by atomic mass is 10.2. The van der Waals surface area contributed by atoms with Crippen molar-refractivity contribution in [3.8, 4) is 0 Å². The maximum absolute atomic E-state index is 11.5. The van der Waals surface area contributed by atoms with Crippen LogP contribution in [0.5, 0.6) is 0 Å². The van der Waals surface area contributed by atoms with Crippen LogP contribution in [-0.2, 0) is 0 Å². The third kappa shape index (κ3) is 2.75. The van der Waals surface area contributed by atoms with Crippen molar-refractivity contribution in [1.82, 2.24) is 9.55 Å². The summed E-state index contributed by atoms with van der Waals surface area (Å²) in [6, 6.07) is 0.130. The van der Waals surface area contributed by atoms with E-state index in [1.165, 1.54) is 11.8 Å². The van der Waals surface area contributed by atoms with Crippen molar-refractivity contribution in [2.75, 3.05) is 6.26 Å². The average molecular weight is 228 g/mol. The van der Waals surface area contributed by atoms with E-state index in [0.717, 1.165) is 12.8 Å². The molecule has 0 saturated carbocycles. The van der Waals surface area contributed by atoms with E-state index in [2.05, 4.69) is 11.9 Å². The van der Waals surface area contributed by atoms with Gasteiger partial charge in [0.05, 0.1) is 4.90 Å². The predicted molar refractivity (Wildman–Crippen MR) is 62.7 cm³/mol. The maximum Gasteiger partial charge on any atom is 0.328 e. The van der Waals surface area contributed by atoms with Crippen LogP contribution in [0.3, 0.4) is 0 Å². The maximum atomic E-state index is 11.5. The van der Waals surface area contributed by atoms with Gasteiger partial charge in [0.15, 0.2) is 0 Å². The molecule has 0 amide bonds. The molecule has 0 aliphatic rings. The van der Waals surface area contributed by atoms with Crippen LogP contribution in [0.15, 0.2) is 20.7 Å². The van der Waals surface area contributed by atoms with E-state index in [0.29, 0.717) is 4.90 Å². The van der Waals surface area contributed by atoms with Gasteiger partial charge in [-0.25, -0.2) is 4.79 Å². The Balaban J connectivity index is 3.18. The molecule has 4 nitrogen and oxygen atoms in total. The molecule has 1 heterocycles. The molecule has 0 bridgehead atoms. The first kappa shape index (κ1) is 12.1. The number of aromatic amines is 1. The minimum atomic E-state index is -0.321. The molecule has 5 heteroatoms. The number of H-pyrrole nitrogens is 1. The first-order chi connectivity index (χ1) is 7.10. The number of hydrogen-bond donors (Lipinski definition) is 1. The molecule has 0 aliphatic carbocycles. The van der Waals surface area contributed by atoms with E-state index < -0.39 is 0 Å². The largest absolute Gasteiger partial charge is 0.328 e. The first-order valence-electron chi connectivity index (χ1n) is 4.99. The Morgan fingerprint density at radius 3 is 2.73 bits per heavy atom. The molecule has 15 heavy (non-hydrogen) atoms. The molecule has 1 rings (SSSR count). The number of nitrogens with one attached hydrogen (secondary N) is 1. The Morgan fingerprint density at radius 2 is 2.20 bits per heavy atom. The Hall–Kier alpha value is -0.970. The Morgan fingerprint density at radius 1 is 1.53 bits per heavy atom. The van der Waals surface area contributed by atoms with Crippen LogP contribution in [0.1, 0.15) is 32.7 Å². The minimum absolute atomic E-state index is 0.130. The molecule has 1 atom stereocenters. The summed E-state index contributed by atoms with van der Waals surface area (Å²) in [5, 5.41) is 0. The molecule has 1 unspecified atom stereocenters. The van der Waals surface area contributed by atoms with Gasteiger partial charge in [-0.15, -0.1) is 11.8 Å². The third-order valence-corrected chi connectivity index (χ3v) is 3.07. The van der Waals surface area contributed by atoms with Gasteiger partial charge < -0.3 is 0 Å². The lowest BCUT2D eigenvalue weighted by Gasteiger charge is -2.13. The summed E-state index contributed by atoms with van der Waals surface area (Å²) in [5.41, 5.74) is -0.619. The second-order valence-corrected chi connectivity index (χ2v) is 4.35. The summed E-state index contributed by atoms with van der Waals surface area (Å²) in [7, 11) is 0. The van der Waals surface area contributed by atoms with Crippen molar-refractivity contribution < 1.29 is 0 Å². The highest BCUT2D eigenvalue weighted by atomic mass is 32.2. The number of rotatable bonds is 4. The highest BCUT2D eigenvalue weighted by Crippen LogP contribution is 2.12. The molecule has 84 valence electrons. The summed E-state index contributed by atoms with van der Waals surface area (Å²) in [6.45, 7) is 4.05. The van der Waals surface area contributed by atoms with Crippen LogP contribution in [0, 0.1) is 0 Å². The third-order valence-electron chi connectivity index (χ3n) is 2.34. The van der Waals surface area contributed by atoms with Crippen molar-refractivity contribution >= 4 is 11.8 Å². The monoisotopic (exact) mass is 228 g/mol. The van der Waals surface area contributed by atoms with Gasteiger partial charge in [0.25, 0.3) is 5.56 Å². The summed E-state index contributed by atoms with van der Waals surface area (Å²) in [5.74, 6) is 0. The van der Waals surface area contributed by atoms with Gasteiger partial charge in [-0.1, -0.05) is 13.3 Å². The summed E-state index contributed by atoms with van der Waals surface area (Å²) in [4.78, 5) is 25.7. The fourth-order valence-corrected chi connectivity index (χ4v) is 1.95. The molecule has 0 radical (unpaired) electrons. The number of nitrogens with zero attached hydrogens (tertiary/aromatic N) is 1. The van der Waals surface area contributed by atoms with Gasteiger partial charge in [-0.2, -0.15) is 0 Å². The zero-order valence-corrected chi connectivity index (χ0v) is 10.1. The Kier molecular flexibility index (Phi) is 4.20. The molecule has 0 aromatic carbocycles. The van der Waals surface area contributed by atoms with Gasteiger partial charge >= 0.3 is 5.69 Å². The normalized spacial score (nSPS) is 12.7. The number of hydrogen-bond acceptors (Lipinski definition) is 3. The van der Waals surface area contributed by atoms with E-state index in [1.807, 2.05) is 13.2 Å². The lowest BCUT2D eigenvalue weighted by molar-refractivity contribution is 0.471. The molecule has 0 aliphatic heterocycles. The van der Waals surface area contributed by atoms with Crippen molar-refractivity contribution in [3.05, 3.63) is 27.0 Å². The van der Waals surface area contributed by atoms with E-state index in [-0.39, 0.29) is 17.3 Å². The van der Waals surface area contributed by atoms with Gasteiger partial charge in [-0.05, 0) is 19.6 Å². The quantitative estimate of drug-likeness (QED) is 0.797. The molecule has 0 spiro atoms. The van der Waals surface area contributed by atoms with Crippen LogP contribution in [0.2, 0.25) is 0 Å². The van der Waals surface area contributed by atoms with Crippen LogP contribution >= 0.6 is 11.8 Å². The van der Waals surface area contributed by atoms with E-state index >= 15 is 0 Å². The fourth-order valence-electron chi connectivity index (χ4n) is 1.50. The molecular weight excluding hydrogens is 212 g/mol. The zero-order valence-electron chi connectivity index (χ0n) is 9.24. The van der Waals surface area contributed by atoms with Crippen LogP contribution in [-0.4, -0.2) is 15.8 Å². The van der Waals surface area contributed by atoms with Crippen molar-refractivity contribution in [1.29, 1.82) is 0 Å². The van der Waals surface area contributed by atoms with E-state index in [1.54, 1.807) is 10.8 Å². The first-order valence-corrected chi connectivity index (χ1v) is 6.22. The molecule has 1 aromatic rings. The van der Waals surface area contributed by atoms with E-state index in [9.17, 15) is 9.59 Å². The SMILES string of the molecule is CCCC(C)n1cc(SC)c(=O)[nH]c1=O. The molecular formula is C10H16N2O2S. The smallest absolute Gasteiger partial charge is 0.297 e. The van der Waals surface area contributed by atoms with Gasteiger partial charge in [0.1, 0.15) is 0 Å². The van der Waals surface area contributed by atoms with Crippen molar-refractivity contribution in [2.24, 2.45) is 0 Å². The average Bonchev–Trinajstić information content (AvgIpc) is 2.18. The number of thioether (sulfide) groups is 1. The highest BCUT2D eigenvalue weighted by Gasteiger charge is 2.08. The minimum Gasteiger partial charge on any atom is -0.297 e. The molecule has 1 N–H and O–H groups in total. The molecule has 0 saturated heterocycles. The Bertz CT molecular complexity index is 436. The summed E-state index contributed by atoms with van der Waals surface area (Å²) in [6.07, 6.45) is 5.41. The zero-order chi connectivity index (χ0) is 11.4. The second-order valence-electron chi connectivity index (χ2n) is 3.50. The standard InChI is InChI=1S/C10H16N2O2S/c1-4-5-7(2)12-6-8(15-3)9(13)11-10(12)14/h6-7H,4-5H2,1-3H3,(H,11,13,14). The Labute approximate surface area is 92.7 Å². The van der Waals surface area contributed by atoms with Crippen molar-refractivity contribution in [3.63, 3.8) is 0 Å². The van der Waals surface area contributed by atoms with Crippen molar-refractivity contribution in [2.45, 2.75) is 37.6 Å². The highest BCUT2D eigenvalue weighted by molar-refractivity contribution is 7.98. The van der Waals surface area contributed by atoms with Gasteiger partial charge in [0.2, 0.25) is 0 Å².